The van der Waals surface area contributed by atoms with Crippen LogP contribution in [0.2, 0.25) is 0 Å². The van der Waals surface area contributed by atoms with Gasteiger partial charge in [0.05, 0.1) is 0 Å². The van der Waals surface area contributed by atoms with E-state index >= 15 is 0 Å². The number of hydrogen-bond acceptors (Lipinski definition) is 2. The number of rotatable bonds is 5. The normalized spacial score (nSPS) is 12.4. The van der Waals surface area contributed by atoms with E-state index < -0.39 is 11.6 Å². The Balaban J connectivity index is 2.12. The van der Waals surface area contributed by atoms with Crippen molar-refractivity contribution in [3.05, 3.63) is 65.5 Å². The topological polar surface area (TPSA) is 24.9 Å². The molecule has 0 spiro atoms. The summed E-state index contributed by atoms with van der Waals surface area (Å²) in [5, 5.41) is 2.97. The summed E-state index contributed by atoms with van der Waals surface area (Å²) in [6, 6.07) is 7.43. The van der Waals surface area contributed by atoms with Crippen LogP contribution in [0.15, 0.2) is 42.7 Å². The van der Waals surface area contributed by atoms with E-state index in [0.29, 0.717) is 6.42 Å². The van der Waals surface area contributed by atoms with Gasteiger partial charge in [0, 0.05) is 24.0 Å². The molecule has 2 aromatic rings. The van der Waals surface area contributed by atoms with Crippen molar-refractivity contribution < 1.29 is 8.78 Å². The van der Waals surface area contributed by atoms with Gasteiger partial charge in [-0.1, -0.05) is 6.07 Å². The molecule has 0 radical (unpaired) electrons. The molecule has 0 saturated carbocycles. The van der Waals surface area contributed by atoms with Crippen molar-refractivity contribution >= 4 is 0 Å². The molecule has 1 heterocycles. The minimum atomic E-state index is -0.505. The lowest BCUT2D eigenvalue weighted by molar-refractivity contribution is 0.471. The smallest absolute Gasteiger partial charge is 0.130 e. The van der Waals surface area contributed by atoms with E-state index in [1.54, 1.807) is 19.4 Å². The summed E-state index contributed by atoms with van der Waals surface area (Å²) in [5.41, 5.74) is 1.21. The SMILES string of the molecule is CNC(CCc1ccncc1)c1c(F)cccc1F. The van der Waals surface area contributed by atoms with Crippen LogP contribution in [0, 0.1) is 11.6 Å². The van der Waals surface area contributed by atoms with Crippen LogP contribution in [-0.4, -0.2) is 12.0 Å². The zero-order chi connectivity index (χ0) is 13.7. The summed E-state index contributed by atoms with van der Waals surface area (Å²) in [5.74, 6) is -1.01. The van der Waals surface area contributed by atoms with E-state index in [2.05, 4.69) is 10.3 Å². The number of halogens is 2. The second kappa shape index (κ2) is 6.38. The minimum absolute atomic E-state index is 0.110. The van der Waals surface area contributed by atoms with Gasteiger partial charge < -0.3 is 5.32 Å². The maximum Gasteiger partial charge on any atom is 0.130 e. The van der Waals surface area contributed by atoms with Gasteiger partial charge in [0.15, 0.2) is 0 Å². The number of nitrogens with one attached hydrogen (secondary N) is 1. The fourth-order valence-electron chi connectivity index (χ4n) is 2.14. The van der Waals surface area contributed by atoms with E-state index in [9.17, 15) is 8.78 Å². The van der Waals surface area contributed by atoms with Gasteiger partial charge >= 0.3 is 0 Å². The van der Waals surface area contributed by atoms with Crippen LogP contribution in [-0.2, 0) is 6.42 Å². The fraction of sp³-hybridized carbons (Fsp3) is 0.267. The van der Waals surface area contributed by atoms with Crippen molar-refractivity contribution in [1.82, 2.24) is 10.3 Å². The molecule has 0 aliphatic heterocycles. The van der Waals surface area contributed by atoms with Gasteiger partial charge in [0.25, 0.3) is 0 Å². The van der Waals surface area contributed by atoms with E-state index in [0.717, 1.165) is 12.0 Å². The molecule has 0 fully saturated rings. The Morgan fingerprint density at radius 2 is 1.74 bits per heavy atom. The average Bonchev–Trinajstić information content (AvgIpc) is 2.43. The van der Waals surface area contributed by atoms with Crippen LogP contribution < -0.4 is 5.32 Å². The molecule has 2 nitrogen and oxygen atoms in total. The zero-order valence-electron chi connectivity index (χ0n) is 10.7. The minimum Gasteiger partial charge on any atom is -0.313 e. The number of aromatic nitrogens is 1. The van der Waals surface area contributed by atoms with E-state index in [4.69, 9.17) is 0 Å². The van der Waals surface area contributed by atoms with Crippen LogP contribution in [0.4, 0.5) is 8.78 Å². The van der Waals surface area contributed by atoms with Gasteiger partial charge in [-0.3, -0.25) is 4.98 Å². The number of benzene rings is 1. The van der Waals surface area contributed by atoms with Gasteiger partial charge in [-0.25, -0.2) is 8.78 Å². The van der Waals surface area contributed by atoms with Crippen molar-refractivity contribution in [3.63, 3.8) is 0 Å². The highest BCUT2D eigenvalue weighted by Crippen LogP contribution is 2.24. The molecule has 0 saturated heterocycles. The second-order valence-corrected chi connectivity index (χ2v) is 4.37. The monoisotopic (exact) mass is 262 g/mol. The highest BCUT2D eigenvalue weighted by Gasteiger charge is 2.18. The van der Waals surface area contributed by atoms with Crippen molar-refractivity contribution in [1.29, 1.82) is 0 Å². The molecule has 1 N–H and O–H groups in total. The summed E-state index contributed by atoms with van der Waals surface area (Å²) < 4.78 is 27.4. The van der Waals surface area contributed by atoms with Crippen LogP contribution in [0.1, 0.15) is 23.6 Å². The molecular weight excluding hydrogens is 246 g/mol. The Hall–Kier alpha value is -1.81. The van der Waals surface area contributed by atoms with E-state index in [-0.39, 0.29) is 11.6 Å². The lowest BCUT2D eigenvalue weighted by Crippen LogP contribution is -2.20. The first-order chi connectivity index (χ1) is 9.22. The molecular formula is C15H16F2N2. The number of aryl methyl sites for hydroxylation is 1. The zero-order valence-corrected chi connectivity index (χ0v) is 10.7. The van der Waals surface area contributed by atoms with E-state index in [1.165, 1.54) is 18.2 Å². The van der Waals surface area contributed by atoms with Crippen LogP contribution in [0.5, 0.6) is 0 Å². The summed E-state index contributed by atoms with van der Waals surface area (Å²) in [4.78, 5) is 3.94. The molecule has 1 unspecified atom stereocenters. The quantitative estimate of drug-likeness (QED) is 0.894. The molecule has 100 valence electrons. The number of nitrogens with zero attached hydrogens (tertiary/aromatic N) is 1. The van der Waals surface area contributed by atoms with Crippen LogP contribution in [0.25, 0.3) is 0 Å². The first kappa shape index (κ1) is 13.6. The fourth-order valence-corrected chi connectivity index (χ4v) is 2.14. The maximum atomic E-state index is 13.7. The largest absolute Gasteiger partial charge is 0.313 e. The van der Waals surface area contributed by atoms with Crippen molar-refractivity contribution in [2.24, 2.45) is 0 Å². The Morgan fingerprint density at radius 3 is 2.32 bits per heavy atom. The Bertz CT molecular complexity index is 509. The highest BCUT2D eigenvalue weighted by molar-refractivity contribution is 5.24. The van der Waals surface area contributed by atoms with Crippen molar-refractivity contribution in [3.8, 4) is 0 Å². The second-order valence-electron chi connectivity index (χ2n) is 4.37. The highest BCUT2D eigenvalue weighted by atomic mass is 19.1. The molecule has 0 aliphatic carbocycles. The molecule has 1 aromatic heterocycles. The van der Waals surface area contributed by atoms with Gasteiger partial charge in [-0.15, -0.1) is 0 Å². The van der Waals surface area contributed by atoms with E-state index in [1.807, 2.05) is 12.1 Å². The Labute approximate surface area is 111 Å². The van der Waals surface area contributed by atoms with Gasteiger partial charge in [0.1, 0.15) is 11.6 Å². The third-order valence-electron chi connectivity index (χ3n) is 3.17. The van der Waals surface area contributed by atoms with Gasteiger partial charge in [-0.05, 0) is 49.7 Å². The van der Waals surface area contributed by atoms with Gasteiger partial charge in [-0.2, -0.15) is 0 Å². The Kier molecular flexibility index (Phi) is 4.58. The van der Waals surface area contributed by atoms with Crippen molar-refractivity contribution in [2.45, 2.75) is 18.9 Å². The third-order valence-corrected chi connectivity index (χ3v) is 3.17. The predicted molar refractivity (Wildman–Crippen MR) is 70.7 cm³/mol. The maximum absolute atomic E-state index is 13.7. The molecule has 1 atom stereocenters. The van der Waals surface area contributed by atoms with Gasteiger partial charge in [0.2, 0.25) is 0 Å². The molecule has 2 rings (SSSR count). The molecule has 0 bridgehead atoms. The number of pyridine rings is 1. The first-order valence-corrected chi connectivity index (χ1v) is 6.22. The molecule has 1 aromatic carbocycles. The summed E-state index contributed by atoms with van der Waals surface area (Å²) in [7, 11) is 1.71. The lowest BCUT2D eigenvalue weighted by Gasteiger charge is -2.18. The van der Waals surface area contributed by atoms with Crippen molar-refractivity contribution in [2.75, 3.05) is 7.05 Å². The lowest BCUT2D eigenvalue weighted by atomic mass is 9.98. The predicted octanol–water partition coefficient (Wildman–Crippen LogP) is 3.25. The van der Waals surface area contributed by atoms with Crippen LogP contribution >= 0.6 is 0 Å². The third kappa shape index (κ3) is 3.35. The average molecular weight is 262 g/mol. The summed E-state index contributed by atoms with van der Waals surface area (Å²) in [6.45, 7) is 0. The molecule has 0 aliphatic rings. The van der Waals surface area contributed by atoms with Crippen LogP contribution in [0.3, 0.4) is 0 Å². The molecule has 4 heteroatoms. The Morgan fingerprint density at radius 1 is 1.11 bits per heavy atom. The molecule has 19 heavy (non-hydrogen) atoms. The molecule has 0 amide bonds. The number of hydrogen-bond donors (Lipinski definition) is 1. The first-order valence-electron chi connectivity index (χ1n) is 6.22. The summed E-state index contributed by atoms with van der Waals surface area (Å²) >= 11 is 0. The summed E-state index contributed by atoms with van der Waals surface area (Å²) in [6.07, 6.45) is 4.79. The standard InChI is InChI=1S/C15H16F2N2/c1-18-14(6-5-11-7-9-19-10-8-11)15-12(16)3-2-4-13(15)17/h2-4,7-10,14,18H,5-6H2,1H3.